The Morgan fingerprint density at radius 3 is 2.48 bits per heavy atom. The Morgan fingerprint density at radius 1 is 1.13 bits per heavy atom. The van der Waals surface area contributed by atoms with Crippen molar-refractivity contribution in [2.24, 2.45) is 0 Å². The minimum atomic E-state index is -0.800. The normalized spacial score (nSPS) is 10.8. The molecule has 0 aliphatic heterocycles. The van der Waals surface area contributed by atoms with Gasteiger partial charge >= 0.3 is 0 Å². The summed E-state index contributed by atoms with van der Waals surface area (Å²) in [6.07, 6.45) is 0. The summed E-state index contributed by atoms with van der Waals surface area (Å²) in [5.74, 6) is -2.67. The summed E-state index contributed by atoms with van der Waals surface area (Å²) in [6.45, 7) is 1.15. The average Bonchev–Trinajstić information content (AvgIpc) is 2.71. The number of carbonyl (C=O) groups is 1. The second kappa shape index (κ2) is 8.93. The zero-order chi connectivity index (χ0) is 22.9. The number of hydrogen-bond acceptors (Lipinski definition) is 4. The lowest BCUT2D eigenvalue weighted by Gasteiger charge is -2.16. The van der Waals surface area contributed by atoms with Crippen LogP contribution >= 0.6 is 15.9 Å². The molecule has 3 aromatic rings. The average molecular weight is 496 g/mol. The molecule has 1 amide bonds. The van der Waals surface area contributed by atoms with Gasteiger partial charge in [0.1, 0.15) is 34.4 Å². The minimum absolute atomic E-state index is 0.0675. The van der Waals surface area contributed by atoms with Gasteiger partial charge in [-0.05, 0) is 53.2 Å². The highest BCUT2D eigenvalue weighted by molar-refractivity contribution is 9.10. The van der Waals surface area contributed by atoms with Gasteiger partial charge in [-0.15, -0.1) is 0 Å². The standard InChI is InChI=1S/C21H17BrF3N3O3/c1-11-26-19(31-10-13-4-6-14(23)9-16(13)25)18(22)21(30)28(11)17-8-12(5-7-15(17)24)20(29)27(2)3/h4-9H,10H2,1-3H3. The second-order valence-electron chi connectivity index (χ2n) is 6.81. The maximum Gasteiger partial charge on any atom is 0.276 e. The number of carbonyl (C=O) groups excluding carboxylic acids is 1. The molecule has 0 N–H and O–H groups in total. The van der Waals surface area contributed by atoms with E-state index < -0.39 is 23.0 Å². The maximum atomic E-state index is 14.5. The maximum absolute atomic E-state index is 14.5. The SMILES string of the molecule is Cc1nc(OCc2ccc(F)cc2F)c(Br)c(=O)n1-c1cc(C(=O)N(C)C)ccc1F. The lowest BCUT2D eigenvalue weighted by molar-refractivity contribution is 0.0827. The number of amides is 1. The summed E-state index contributed by atoms with van der Waals surface area (Å²) in [5.41, 5.74) is -0.580. The number of benzene rings is 2. The molecule has 0 aliphatic carbocycles. The van der Waals surface area contributed by atoms with Gasteiger partial charge in [0, 0.05) is 31.3 Å². The van der Waals surface area contributed by atoms with Crippen LogP contribution in [0.25, 0.3) is 5.69 Å². The van der Waals surface area contributed by atoms with E-state index in [9.17, 15) is 22.8 Å². The van der Waals surface area contributed by atoms with Gasteiger partial charge in [-0.1, -0.05) is 0 Å². The summed E-state index contributed by atoms with van der Waals surface area (Å²) in [5, 5.41) is 0. The molecule has 10 heteroatoms. The second-order valence-corrected chi connectivity index (χ2v) is 7.60. The highest BCUT2D eigenvalue weighted by Gasteiger charge is 2.20. The molecule has 0 aliphatic rings. The predicted octanol–water partition coefficient (Wildman–Crippen LogP) is 4.00. The van der Waals surface area contributed by atoms with Crippen molar-refractivity contribution in [3.8, 4) is 11.6 Å². The molecule has 162 valence electrons. The monoisotopic (exact) mass is 495 g/mol. The first-order valence-corrected chi connectivity index (χ1v) is 9.77. The van der Waals surface area contributed by atoms with E-state index in [1.165, 1.54) is 30.0 Å². The van der Waals surface area contributed by atoms with Crippen molar-refractivity contribution in [1.29, 1.82) is 0 Å². The van der Waals surface area contributed by atoms with Crippen LogP contribution in [0.3, 0.4) is 0 Å². The van der Waals surface area contributed by atoms with Crippen LogP contribution in [0.5, 0.6) is 5.88 Å². The minimum Gasteiger partial charge on any atom is -0.472 e. The van der Waals surface area contributed by atoms with Crippen LogP contribution in [-0.2, 0) is 6.61 Å². The molecule has 0 bridgehead atoms. The van der Waals surface area contributed by atoms with E-state index in [0.717, 1.165) is 22.8 Å². The first kappa shape index (κ1) is 22.5. The summed E-state index contributed by atoms with van der Waals surface area (Å²) in [4.78, 5) is 30.6. The summed E-state index contributed by atoms with van der Waals surface area (Å²) in [7, 11) is 3.11. The van der Waals surface area contributed by atoms with Gasteiger partial charge in [-0.25, -0.2) is 13.2 Å². The molecule has 6 nitrogen and oxygen atoms in total. The van der Waals surface area contributed by atoms with Crippen molar-refractivity contribution < 1.29 is 22.7 Å². The van der Waals surface area contributed by atoms with Crippen molar-refractivity contribution >= 4 is 21.8 Å². The zero-order valence-corrected chi connectivity index (χ0v) is 18.3. The van der Waals surface area contributed by atoms with E-state index in [2.05, 4.69) is 20.9 Å². The van der Waals surface area contributed by atoms with Crippen LogP contribution in [0.1, 0.15) is 21.7 Å². The molecule has 0 saturated carbocycles. The third-order valence-corrected chi connectivity index (χ3v) is 5.06. The first-order chi connectivity index (χ1) is 14.6. The van der Waals surface area contributed by atoms with Crippen LogP contribution in [0.15, 0.2) is 45.7 Å². The van der Waals surface area contributed by atoms with E-state index in [4.69, 9.17) is 4.74 Å². The zero-order valence-electron chi connectivity index (χ0n) is 16.7. The Hall–Kier alpha value is -3.14. The van der Waals surface area contributed by atoms with Crippen LogP contribution in [-0.4, -0.2) is 34.5 Å². The van der Waals surface area contributed by atoms with Crippen molar-refractivity contribution in [1.82, 2.24) is 14.5 Å². The fourth-order valence-corrected chi connectivity index (χ4v) is 3.20. The van der Waals surface area contributed by atoms with Gasteiger partial charge in [-0.2, -0.15) is 4.98 Å². The Balaban J connectivity index is 2.00. The molecular formula is C21H17BrF3N3O3. The molecule has 0 saturated heterocycles. The van der Waals surface area contributed by atoms with Gasteiger partial charge in [-0.3, -0.25) is 14.2 Å². The summed E-state index contributed by atoms with van der Waals surface area (Å²) in [6, 6.07) is 6.68. The topological polar surface area (TPSA) is 64.4 Å². The summed E-state index contributed by atoms with van der Waals surface area (Å²) < 4.78 is 47.7. The lowest BCUT2D eigenvalue weighted by Crippen LogP contribution is -2.26. The van der Waals surface area contributed by atoms with E-state index in [1.54, 1.807) is 14.1 Å². The quantitative estimate of drug-likeness (QED) is 0.536. The molecule has 3 rings (SSSR count). The fourth-order valence-electron chi connectivity index (χ4n) is 2.82. The molecule has 0 fully saturated rings. The van der Waals surface area contributed by atoms with Crippen LogP contribution in [0.4, 0.5) is 13.2 Å². The largest absolute Gasteiger partial charge is 0.472 e. The van der Waals surface area contributed by atoms with Gasteiger partial charge in [0.2, 0.25) is 5.88 Å². The molecule has 0 spiro atoms. The van der Waals surface area contributed by atoms with E-state index in [1.807, 2.05) is 0 Å². The van der Waals surface area contributed by atoms with Crippen molar-refractivity contribution in [3.05, 3.63) is 85.6 Å². The van der Waals surface area contributed by atoms with Crippen LogP contribution in [0.2, 0.25) is 0 Å². The lowest BCUT2D eigenvalue weighted by atomic mass is 10.1. The number of rotatable bonds is 5. The Labute approximate surface area is 184 Å². The molecule has 0 atom stereocenters. The molecule has 1 heterocycles. The number of aromatic nitrogens is 2. The van der Waals surface area contributed by atoms with E-state index >= 15 is 0 Å². The smallest absolute Gasteiger partial charge is 0.276 e. The van der Waals surface area contributed by atoms with Crippen molar-refractivity contribution in [2.75, 3.05) is 14.1 Å². The molecule has 1 aromatic heterocycles. The highest BCUT2D eigenvalue weighted by atomic mass is 79.9. The van der Waals surface area contributed by atoms with E-state index in [-0.39, 0.29) is 45.5 Å². The predicted molar refractivity (Wildman–Crippen MR) is 111 cm³/mol. The Bertz CT molecular complexity index is 1230. The van der Waals surface area contributed by atoms with Gasteiger partial charge in [0.15, 0.2) is 0 Å². The molecule has 0 unspecified atom stereocenters. The first-order valence-electron chi connectivity index (χ1n) is 8.97. The number of aryl methyl sites for hydroxylation is 1. The van der Waals surface area contributed by atoms with Gasteiger partial charge < -0.3 is 9.64 Å². The fraction of sp³-hybridized carbons (Fsp3) is 0.190. The van der Waals surface area contributed by atoms with Gasteiger partial charge in [0.05, 0.1) is 5.69 Å². The van der Waals surface area contributed by atoms with Crippen LogP contribution in [0, 0.1) is 24.4 Å². The third-order valence-electron chi connectivity index (χ3n) is 4.39. The number of nitrogens with zero attached hydrogens (tertiary/aromatic N) is 3. The van der Waals surface area contributed by atoms with Crippen molar-refractivity contribution in [3.63, 3.8) is 0 Å². The Morgan fingerprint density at radius 2 is 1.84 bits per heavy atom. The molecule has 31 heavy (non-hydrogen) atoms. The number of hydrogen-bond donors (Lipinski definition) is 0. The van der Waals surface area contributed by atoms with Crippen molar-refractivity contribution in [2.45, 2.75) is 13.5 Å². The molecule has 0 radical (unpaired) electrons. The Kier molecular flexibility index (Phi) is 6.49. The van der Waals surface area contributed by atoms with E-state index in [0.29, 0.717) is 0 Å². The summed E-state index contributed by atoms with van der Waals surface area (Å²) >= 11 is 3.09. The van der Waals surface area contributed by atoms with Crippen LogP contribution < -0.4 is 10.3 Å². The highest BCUT2D eigenvalue weighted by Crippen LogP contribution is 2.24. The van der Waals surface area contributed by atoms with Gasteiger partial charge in [0.25, 0.3) is 11.5 Å². The molecule has 2 aromatic carbocycles. The molecular weight excluding hydrogens is 479 g/mol. The third kappa shape index (κ3) is 4.63. The number of ether oxygens (including phenoxy) is 1. The number of halogens is 4.